The first-order chi connectivity index (χ1) is 12.6. The minimum absolute atomic E-state index is 0. The summed E-state index contributed by atoms with van der Waals surface area (Å²) in [5, 5.41) is 8.17. The number of para-hydroxylation sites is 1. The molecule has 0 spiro atoms. The molecular weight excluding hydrogens is 413 g/mol. The molecule has 2 bridgehead atoms. The number of carbonyl (C=O) groups is 1. The number of amides is 1. The Balaban J connectivity index is 0.00000210. The zero-order valence-corrected chi connectivity index (χ0v) is 16.8. The normalized spacial score (nSPS) is 21.5. The fraction of sp³-hybridized carbons (Fsp3) is 0.444. The summed E-state index contributed by atoms with van der Waals surface area (Å²) in [7, 11) is 0. The molecule has 9 heteroatoms. The fourth-order valence-corrected chi connectivity index (χ4v) is 4.20. The van der Waals surface area contributed by atoms with Gasteiger partial charge in [0.05, 0.1) is 10.0 Å². The molecule has 0 aliphatic carbocycles. The van der Waals surface area contributed by atoms with Crippen molar-refractivity contribution in [2.45, 2.75) is 38.0 Å². The van der Waals surface area contributed by atoms with E-state index in [2.05, 4.69) is 10.5 Å². The predicted octanol–water partition coefficient (Wildman–Crippen LogP) is 3.95. The largest absolute Gasteiger partial charge is 0.482 e. The Bertz CT molecular complexity index is 780. The van der Waals surface area contributed by atoms with Crippen molar-refractivity contribution in [3.05, 3.63) is 45.8 Å². The third kappa shape index (κ3) is 4.19. The van der Waals surface area contributed by atoms with Gasteiger partial charge in [-0.25, -0.2) is 0 Å². The lowest BCUT2D eigenvalue weighted by Crippen LogP contribution is -2.42. The summed E-state index contributed by atoms with van der Waals surface area (Å²) in [5.41, 5.74) is 0.313. The second-order valence-electron chi connectivity index (χ2n) is 6.61. The average molecular weight is 433 g/mol. The quantitative estimate of drug-likeness (QED) is 0.792. The van der Waals surface area contributed by atoms with E-state index in [0.717, 1.165) is 32.4 Å². The summed E-state index contributed by atoms with van der Waals surface area (Å²) in [6.07, 6.45) is 3.06. The van der Waals surface area contributed by atoms with Crippen LogP contribution >= 0.6 is 35.6 Å². The molecule has 1 aromatic heterocycles. The maximum Gasteiger partial charge on any atom is 0.276 e. The molecule has 6 nitrogen and oxygen atoms in total. The van der Waals surface area contributed by atoms with Crippen molar-refractivity contribution in [1.29, 1.82) is 0 Å². The molecular formula is C18H20Cl3N3O3. The highest BCUT2D eigenvalue weighted by Crippen LogP contribution is 2.33. The number of rotatable bonds is 4. The van der Waals surface area contributed by atoms with Crippen molar-refractivity contribution in [2.24, 2.45) is 0 Å². The summed E-state index contributed by atoms with van der Waals surface area (Å²) < 4.78 is 10.9. The Kier molecular flexibility index (Phi) is 6.52. The Labute approximate surface area is 173 Å². The first-order valence-electron chi connectivity index (χ1n) is 8.69. The molecule has 2 unspecified atom stereocenters. The predicted molar refractivity (Wildman–Crippen MR) is 105 cm³/mol. The highest BCUT2D eigenvalue weighted by atomic mass is 35.5. The van der Waals surface area contributed by atoms with E-state index >= 15 is 0 Å². The third-order valence-electron chi connectivity index (χ3n) is 4.94. The minimum atomic E-state index is -0.0769. The van der Waals surface area contributed by atoms with Crippen LogP contribution < -0.4 is 10.1 Å². The van der Waals surface area contributed by atoms with Crippen molar-refractivity contribution < 1.29 is 14.1 Å². The van der Waals surface area contributed by atoms with Crippen LogP contribution in [-0.4, -0.2) is 41.1 Å². The molecule has 3 heterocycles. The number of aromatic nitrogens is 1. The first-order valence-corrected chi connectivity index (χ1v) is 9.45. The lowest BCUT2D eigenvalue weighted by atomic mass is 10.1. The second-order valence-corrected chi connectivity index (χ2v) is 7.42. The van der Waals surface area contributed by atoms with Crippen molar-refractivity contribution in [2.75, 3.05) is 13.1 Å². The molecule has 146 valence electrons. The van der Waals surface area contributed by atoms with Gasteiger partial charge in [0.2, 0.25) is 0 Å². The van der Waals surface area contributed by atoms with Gasteiger partial charge < -0.3 is 19.5 Å². The van der Waals surface area contributed by atoms with E-state index in [0.29, 0.717) is 27.2 Å². The van der Waals surface area contributed by atoms with Gasteiger partial charge in [0.25, 0.3) is 5.91 Å². The number of ether oxygens (including phenoxy) is 1. The molecule has 2 saturated heterocycles. The molecule has 2 fully saturated rings. The van der Waals surface area contributed by atoms with E-state index in [1.807, 2.05) is 4.90 Å². The number of hydrogen-bond donors (Lipinski definition) is 1. The van der Waals surface area contributed by atoms with Gasteiger partial charge in [-0.15, -0.1) is 12.4 Å². The van der Waals surface area contributed by atoms with Crippen LogP contribution in [0.2, 0.25) is 10.0 Å². The Morgan fingerprint density at radius 3 is 2.78 bits per heavy atom. The van der Waals surface area contributed by atoms with Crippen LogP contribution in [0.5, 0.6) is 5.75 Å². The number of nitrogens with one attached hydrogen (secondary N) is 1. The van der Waals surface area contributed by atoms with Crippen LogP contribution in [-0.2, 0) is 6.61 Å². The van der Waals surface area contributed by atoms with Crippen molar-refractivity contribution >= 4 is 41.5 Å². The summed E-state index contributed by atoms with van der Waals surface area (Å²) in [4.78, 5) is 14.9. The van der Waals surface area contributed by atoms with Gasteiger partial charge in [0.1, 0.15) is 6.61 Å². The molecule has 2 aliphatic heterocycles. The molecule has 0 radical (unpaired) electrons. The summed E-state index contributed by atoms with van der Waals surface area (Å²) in [6.45, 7) is 1.88. The molecule has 0 saturated carbocycles. The standard InChI is InChI=1S/C18H19Cl2N3O3.ClH/c19-14-2-1-3-15(20)17(14)25-10-13-8-16(22-26-13)18(24)23-11-4-5-12(23)9-21-7-6-11;/h1-3,8,11-12,21H,4-7,9-10H2;1H. The number of hydrogen-bond acceptors (Lipinski definition) is 5. The van der Waals surface area contributed by atoms with E-state index in [-0.39, 0.29) is 37.0 Å². The van der Waals surface area contributed by atoms with Gasteiger partial charge in [-0.3, -0.25) is 4.79 Å². The van der Waals surface area contributed by atoms with Crippen LogP contribution in [0.15, 0.2) is 28.8 Å². The van der Waals surface area contributed by atoms with Crippen LogP contribution in [0.1, 0.15) is 35.5 Å². The Morgan fingerprint density at radius 2 is 2.00 bits per heavy atom. The number of fused-ring (bicyclic) bond motifs is 2. The Morgan fingerprint density at radius 1 is 1.26 bits per heavy atom. The number of nitrogens with zero attached hydrogens (tertiary/aromatic N) is 2. The summed E-state index contributed by atoms with van der Waals surface area (Å²) in [5.74, 6) is 0.758. The second kappa shape index (κ2) is 8.69. The molecule has 2 atom stereocenters. The molecule has 1 aromatic carbocycles. The number of carbonyl (C=O) groups excluding carboxylic acids is 1. The van der Waals surface area contributed by atoms with E-state index < -0.39 is 0 Å². The van der Waals surface area contributed by atoms with Gasteiger partial charge in [-0.1, -0.05) is 34.4 Å². The number of benzene rings is 1. The van der Waals surface area contributed by atoms with Crippen LogP contribution in [0.4, 0.5) is 0 Å². The van der Waals surface area contributed by atoms with E-state index in [9.17, 15) is 4.79 Å². The van der Waals surface area contributed by atoms with Gasteiger partial charge in [-0.2, -0.15) is 0 Å². The highest BCUT2D eigenvalue weighted by Gasteiger charge is 2.39. The van der Waals surface area contributed by atoms with Gasteiger partial charge in [0.15, 0.2) is 17.2 Å². The van der Waals surface area contributed by atoms with Gasteiger partial charge in [0, 0.05) is 24.7 Å². The topological polar surface area (TPSA) is 67.6 Å². The number of halogens is 3. The van der Waals surface area contributed by atoms with E-state index in [1.54, 1.807) is 24.3 Å². The fourth-order valence-electron chi connectivity index (χ4n) is 3.69. The smallest absolute Gasteiger partial charge is 0.276 e. The third-order valence-corrected chi connectivity index (χ3v) is 5.54. The van der Waals surface area contributed by atoms with Crippen molar-refractivity contribution in [3.8, 4) is 5.75 Å². The maximum absolute atomic E-state index is 12.9. The highest BCUT2D eigenvalue weighted by molar-refractivity contribution is 6.37. The first kappa shape index (κ1) is 20.3. The molecule has 1 N–H and O–H groups in total. The minimum Gasteiger partial charge on any atom is -0.482 e. The molecule has 2 aliphatic rings. The van der Waals surface area contributed by atoms with Crippen LogP contribution in [0, 0.1) is 0 Å². The van der Waals surface area contributed by atoms with E-state index in [1.165, 1.54) is 0 Å². The van der Waals surface area contributed by atoms with Crippen LogP contribution in [0.3, 0.4) is 0 Å². The lowest BCUT2D eigenvalue weighted by Gasteiger charge is -2.26. The van der Waals surface area contributed by atoms with Crippen LogP contribution in [0.25, 0.3) is 0 Å². The molecule has 27 heavy (non-hydrogen) atoms. The van der Waals surface area contributed by atoms with Crippen molar-refractivity contribution in [3.63, 3.8) is 0 Å². The zero-order chi connectivity index (χ0) is 18.1. The maximum atomic E-state index is 12.9. The average Bonchev–Trinajstić information content (AvgIpc) is 3.17. The monoisotopic (exact) mass is 431 g/mol. The molecule has 4 rings (SSSR count). The SMILES string of the molecule is Cl.O=C(c1cc(COc2c(Cl)cccc2Cl)on1)N1C2CCNCC1CC2. The summed E-state index contributed by atoms with van der Waals surface area (Å²) >= 11 is 12.2. The Hall–Kier alpha value is -1.47. The lowest BCUT2D eigenvalue weighted by molar-refractivity contribution is 0.0669. The van der Waals surface area contributed by atoms with Gasteiger partial charge in [-0.05, 0) is 37.9 Å². The summed E-state index contributed by atoms with van der Waals surface area (Å²) in [6, 6.07) is 7.27. The zero-order valence-electron chi connectivity index (χ0n) is 14.5. The molecule has 1 amide bonds. The van der Waals surface area contributed by atoms with E-state index in [4.69, 9.17) is 32.5 Å². The van der Waals surface area contributed by atoms with Crippen molar-refractivity contribution in [1.82, 2.24) is 15.4 Å². The van der Waals surface area contributed by atoms with Gasteiger partial charge >= 0.3 is 0 Å². The molecule has 2 aromatic rings.